The van der Waals surface area contributed by atoms with E-state index in [1.807, 2.05) is 0 Å². The number of hydrogen-bond donors (Lipinski definition) is 1. The highest BCUT2D eigenvalue weighted by atomic mass is 16.5. The van der Waals surface area contributed by atoms with Crippen molar-refractivity contribution >= 4 is 0 Å². The minimum Gasteiger partial charge on any atom is -0.393 e. The number of ether oxygens (including phenoxy) is 2. The third-order valence-electron chi connectivity index (χ3n) is 4.14. The highest BCUT2D eigenvalue weighted by molar-refractivity contribution is 4.84. The van der Waals surface area contributed by atoms with E-state index in [0.717, 1.165) is 58.5 Å². The summed E-state index contributed by atoms with van der Waals surface area (Å²) in [4.78, 5) is 0. The molecule has 2 rings (SSSR count). The molecule has 1 saturated carbocycles. The van der Waals surface area contributed by atoms with Gasteiger partial charge in [0.15, 0.2) is 0 Å². The predicted molar refractivity (Wildman–Crippen MR) is 62.3 cm³/mol. The molecule has 2 fully saturated rings. The van der Waals surface area contributed by atoms with Crippen molar-refractivity contribution in [3.63, 3.8) is 0 Å². The van der Waals surface area contributed by atoms with Crippen LogP contribution >= 0.6 is 0 Å². The summed E-state index contributed by atoms with van der Waals surface area (Å²) >= 11 is 0. The van der Waals surface area contributed by atoms with Crippen LogP contribution < -0.4 is 0 Å². The zero-order chi connectivity index (χ0) is 11.4. The van der Waals surface area contributed by atoms with E-state index < -0.39 is 0 Å². The van der Waals surface area contributed by atoms with Crippen molar-refractivity contribution < 1.29 is 14.6 Å². The second-order valence-electron chi connectivity index (χ2n) is 5.54. The van der Waals surface area contributed by atoms with Crippen LogP contribution in [0, 0.1) is 11.3 Å². The molecule has 1 aliphatic heterocycles. The quantitative estimate of drug-likeness (QED) is 0.782. The normalized spacial score (nSPS) is 33.4. The third kappa shape index (κ3) is 2.96. The second kappa shape index (κ2) is 5.48. The first-order valence-corrected chi connectivity index (χ1v) is 6.58. The molecule has 94 valence electrons. The van der Waals surface area contributed by atoms with Crippen LogP contribution in [0.25, 0.3) is 0 Å². The average molecular weight is 228 g/mol. The van der Waals surface area contributed by atoms with Gasteiger partial charge in [-0.15, -0.1) is 0 Å². The Bertz CT molecular complexity index is 200. The molecule has 3 nitrogen and oxygen atoms in total. The lowest BCUT2D eigenvalue weighted by molar-refractivity contribution is -0.153. The minimum atomic E-state index is -0.0572. The van der Waals surface area contributed by atoms with E-state index in [1.165, 1.54) is 0 Å². The molecular weight excluding hydrogens is 204 g/mol. The van der Waals surface area contributed by atoms with E-state index in [1.54, 1.807) is 0 Å². The summed E-state index contributed by atoms with van der Waals surface area (Å²) in [5.74, 6) is 0.665. The fourth-order valence-corrected chi connectivity index (χ4v) is 2.53. The molecule has 1 N–H and O–H groups in total. The Morgan fingerprint density at radius 2 is 1.94 bits per heavy atom. The van der Waals surface area contributed by atoms with Gasteiger partial charge in [0.2, 0.25) is 0 Å². The Morgan fingerprint density at radius 1 is 1.25 bits per heavy atom. The van der Waals surface area contributed by atoms with Gasteiger partial charge in [-0.1, -0.05) is 6.92 Å². The monoisotopic (exact) mass is 228 g/mol. The fraction of sp³-hybridized carbons (Fsp3) is 1.00. The van der Waals surface area contributed by atoms with E-state index in [4.69, 9.17) is 9.47 Å². The van der Waals surface area contributed by atoms with Crippen molar-refractivity contribution in [2.75, 3.05) is 26.4 Å². The average Bonchev–Trinajstić information content (AvgIpc) is 2.25. The first-order valence-electron chi connectivity index (χ1n) is 6.58. The first kappa shape index (κ1) is 12.3. The Morgan fingerprint density at radius 3 is 2.44 bits per heavy atom. The Hall–Kier alpha value is -0.120. The maximum absolute atomic E-state index is 9.41. The SMILES string of the molecule is CCC1(COCC2CCC(O)CC2)COC1. The van der Waals surface area contributed by atoms with Crippen LogP contribution in [-0.2, 0) is 9.47 Å². The molecule has 0 amide bonds. The summed E-state index contributed by atoms with van der Waals surface area (Å²) in [6.07, 6.45) is 5.24. The minimum absolute atomic E-state index is 0.0572. The molecule has 0 radical (unpaired) electrons. The molecule has 1 aliphatic carbocycles. The number of aliphatic hydroxyl groups is 1. The van der Waals surface area contributed by atoms with Crippen LogP contribution in [0.15, 0.2) is 0 Å². The van der Waals surface area contributed by atoms with Crippen molar-refractivity contribution in [3.8, 4) is 0 Å². The summed E-state index contributed by atoms with van der Waals surface area (Å²) in [6, 6.07) is 0. The number of rotatable bonds is 5. The number of hydrogen-bond acceptors (Lipinski definition) is 3. The van der Waals surface area contributed by atoms with Crippen LogP contribution in [0.1, 0.15) is 39.0 Å². The van der Waals surface area contributed by atoms with Gasteiger partial charge >= 0.3 is 0 Å². The van der Waals surface area contributed by atoms with Gasteiger partial charge in [-0.05, 0) is 38.0 Å². The van der Waals surface area contributed by atoms with E-state index in [-0.39, 0.29) is 6.10 Å². The van der Waals surface area contributed by atoms with Crippen LogP contribution in [0.2, 0.25) is 0 Å². The lowest BCUT2D eigenvalue weighted by Gasteiger charge is -2.40. The summed E-state index contributed by atoms with van der Waals surface area (Å²) in [5.41, 5.74) is 0.314. The molecule has 2 aliphatic rings. The van der Waals surface area contributed by atoms with Crippen molar-refractivity contribution in [3.05, 3.63) is 0 Å². The van der Waals surface area contributed by atoms with Crippen molar-refractivity contribution in [1.29, 1.82) is 0 Å². The van der Waals surface area contributed by atoms with Gasteiger partial charge in [-0.3, -0.25) is 0 Å². The smallest absolute Gasteiger partial charge is 0.0566 e. The van der Waals surface area contributed by atoms with E-state index in [2.05, 4.69) is 6.92 Å². The topological polar surface area (TPSA) is 38.7 Å². The van der Waals surface area contributed by atoms with Crippen molar-refractivity contribution in [2.24, 2.45) is 11.3 Å². The van der Waals surface area contributed by atoms with Gasteiger partial charge in [0.05, 0.1) is 25.9 Å². The van der Waals surface area contributed by atoms with E-state index in [0.29, 0.717) is 11.3 Å². The molecule has 0 aromatic carbocycles. The zero-order valence-corrected chi connectivity index (χ0v) is 10.3. The predicted octanol–water partition coefficient (Wildman–Crippen LogP) is 1.98. The molecule has 0 bridgehead atoms. The summed E-state index contributed by atoms with van der Waals surface area (Å²) in [7, 11) is 0. The van der Waals surface area contributed by atoms with Crippen molar-refractivity contribution in [2.45, 2.75) is 45.1 Å². The molecule has 3 heteroatoms. The maximum atomic E-state index is 9.41. The Labute approximate surface area is 98.1 Å². The molecule has 0 spiro atoms. The zero-order valence-electron chi connectivity index (χ0n) is 10.3. The van der Waals surface area contributed by atoms with Gasteiger partial charge in [0.25, 0.3) is 0 Å². The van der Waals surface area contributed by atoms with Crippen LogP contribution in [0.4, 0.5) is 0 Å². The molecule has 1 heterocycles. The molecule has 0 atom stereocenters. The summed E-state index contributed by atoms with van der Waals surface area (Å²) in [5, 5.41) is 9.41. The Balaban J connectivity index is 1.61. The fourth-order valence-electron chi connectivity index (χ4n) is 2.53. The van der Waals surface area contributed by atoms with E-state index in [9.17, 15) is 5.11 Å². The van der Waals surface area contributed by atoms with Crippen LogP contribution in [0.3, 0.4) is 0 Å². The largest absolute Gasteiger partial charge is 0.393 e. The van der Waals surface area contributed by atoms with Gasteiger partial charge < -0.3 is 14.6 Å². The second-order valence-corrected chi connectivity index (χ2v) is 5.54. The lowest BCUT2D eigenvalue weighted by Crippen LogP contribution is -2.46. The Kier molecular flexibility index (Phi) is 4.22. The van der Waals surface area contributed by atoms with Gasteiger partial charge in [0.1, 0.15) is 0 Å². The molecule has 0 aromatic heterocycles. The van der Waals surface area contributed by atoms with Gasteiger partial charge in [0, 0.05) is 12.0 Å². The third-order valence-corrected chi connectivity index (χ3v) is 4.14. The molecule has 0 unspecified atom stereocenters. The molecule has 0 aromatic rings. The van der Waals surface area contributed by atoms with Crippen molar-refractivity contribution in [1.82, 2.24) is 0 Å². The molecule has 16 heavy (non-hydrogen) atoms. The highest BCUT2D eigenvalue weighted by Crippen LogP contribution is 2.32. The van der Waals surface area contributed by atoms with Crippen LogP contribution in [-0.4, -0.2) is 37.6 Å². The van der Waals surface area contributed by atoms with Gasteiger partial charge in [-0.2, -0.15) is 0 Å². The molecule has 1 saturated heterocycles. The molecular formula is C13H24O3. The maximum Gasteiger partial charge on any atom is 0.0566 e. The van der Waals surface area contributed by atoms with E-state index >= 15 is 0 Å². The summed E-state index contributed by atoms with van der Waals surface area (Å²) < 4.78 is 11.1. The lowest BCUT2D eigenvalue weighted by atomic mass is 9.84. The van der Waals surface area contributed by atoms with Crippen LogP contribution in [0.5, 0.6) is 0 Å². The summed E-state index contributed by atoms with van der Waals surface area (Å²) in [6.45, 7) is 5.67. The standard InChI is InChI=1S/C13H24O3/c1-2-13(9-16-10-13)8-15-7-11-3-5-12(14)6-4-11/h11-12,14H,2-10H2,1H3. The number of aliphatic hydroxyl groups excluding tert-OH is 1. The first-order chi connectivity index (χ1) is 7.74. The highest BCUT2D eigenvalue weighted by Gasteiger charge is 2.37. The van der Waals surface area contributed by atoms with Gasteiger partial charge in [-0.25, -0.2) is 0 Å².